The van der Waals surface area contributed by atoms with Crippen LogP contribution in [0.2, 0.25) is 5.02 Å². The molecule has 2 saturated heterocycles. The molecule has 2 amide bonds. The number of rotatable bonds is 10. The molecule has 44 heavy (non-hydrogen) atoms. The number of halogens is 2. The number of aliphatic hydroxyl groups is 1. The van der Waals surface area contributed by atoms with Gasteiger partial charge in [0.25, 0.3) is 0 Å². The number of hydrogen-bond donors (Lipinski definition) is 3. The summed E-state index contributed by atoms with van der Waals surface area (Å²) in [6.45, 7) is -0.214. The summed E-state index contributed by atoms with van der Waals surface area (Å²) in [6.07, 6.45) is 5.20. The summed E-state index contributed by atoms with van der Waals surface area (Å²) in [6, 6.07) is 20.2. The van der Waals surface area contributed by atoms with Gasteiger partial charge in [-0.25, -0.2) is 4.79 Å². The average Bonchev–Trinajstić information content (AvgIpc) is 3.12. The van der Waals surface area contributed by atoms with Crippen molar-refractivity contribution < 1.29 is 52.6 Å². The van der Waals surface area contributed by atoms with E-state index < -0.39 is 6.09 Å². The van der Waals surface area contributed by atoms with E-state index in [1.54, 1.807) is 12.1 Å². The molecule has 0 radical (unpaired) electrons. The summed E-state index contributed by atoms with van der Waals surface area (Å²) < 4.78 is 12.3. The predicted octanol–water partition coefficient (Wildman–Crippen LogP) is 3.79. The maximum Gasteiger partial charge on any atom is 0.411 e. The molecular weight excluding hydrogens is 693 g/mol. The third-order valence-corrected chi connectivity index (χ3v) is 9.46. The quantitative estimate of drug-likeness (QED) is 0.218. The molecule has 2 bridgehead atoms. The number of nitrogens with zero attached hydrogens (tertiary/aromatic N) is 1. The highest BCUT2D eigenvalue weighted by molar-refractivity contribution is 6.33. The zero-order valence-corrected chi connectivity index (χ0v) is 28.4. The first-order valence-electron chi connectivity index (χ1n) is 14.9. The molecule has 236 valence electrons. The van der Waals surface area contributed by atoms with E-state index in [2.05, 4.69) is 24.7 Å². The number of carbonyl (C=O) groups is 2. The molecule has 0 spiro atoms. The highest BCUT2D eigenvalue weighted by Crippen LogP contribution is 2.41. The molecule has 2 aliphatic heterocycles. The van der Waals surface area contributed by atoms with Crippen LogP contribution in [0.3, 0.4) is 0 Å². The smallest absolute Gasteiger partial charge is 0.411 e. The second kappa shape index (κ2) is 14.9. The van der Waals surface area contributed by atoms with Crippen LogP contribution in [0, 0.1) is 0 Å². The maximum atomic E-state index is 13.1. The first-order chi connectivity index (χ1) is 20.7. The third-order valence-electron chi connectivity index (χ3n) is 9.15. The molecule has 0 aromatic heterocycles. The Hall–Kier alpha value is -2.86. The number of piperidine rings is 1. The van der Waals surface area contributed by atoms with Gasteiger partial charge in [-0.15, -0.1) is 0 Å². The molecule has 3 aromatic carbocycles. The number of benzene rings is 3. The van der Waals surface area contributed by atoms with Crippen LogP contribution in [0.15, 0.2) is 60.7 Å². The van der Waals surface area contributed by atoms with E-state index in [-0.39, 0.29) is 49.0 Å². The highest BCUT2D eigenvalue weighted by atomic mass is 127. The number of carbonyl (C=O) groups excluding carboxylic acids is 2. The zero-order valence-electron chi connectivity index (χ0n) is 25.4. The van der Waals surface area contributed by atoms with Crippen LogP contribution in [0.5, 0.6) is 5.75 Å². The third kappa shape index (κ3) is 7.85. The molecule has 8 nitrogen and oxygen atoms in total. The number of methoxy groups -OCH3 is 1. The molecule has 3 atom stereocenters. The lowest BCUT2D eigenvalue weighted by molar-refractivity contribution is -0.931. The van der Waals surface area contributed by atoms with E-state index in [0.717, 1.165) is 34.0 Å². The summed E-state index contributed by atoms with van der Waals surface area (Å²) in [7, 11) is 6.09. The molecule has 10 heteroatoms. The van der Waals surface area contributed by atoms with Crippen LogP contribution in [0.4, 0.5) is 16.2 Å². The van der Waals surface area contributed by atoms with Gasteiger partial charge in [-0.3, -0.25) is 10.1 Å². The van der Waals surface area contributed by atoms with Crippen molar-refractivity contribution in [3.05, 3.63) is 76.8 Å². The number of ether oxygens (including phenoxy) is 2. The molecule has 2 heterocycles. The monoisotopic (exact) mass is 733 g/mol. The Bertz CT molecular complexity index is 1450. The maximum absolute atomic E-state index is 13.1. The number of fused-ring (bicyclic) bond motifs is 2. The minimum atomic E-state index is -0.426. The Morgan fingerprint density at radius 1 is 0.977 bits per heavy atom. The van der Waals surface area contributed by atoms with E-state index in [1.165, 1.54) is 20.0 Å². The van der Waals surface area contributed by atoms with Gasteiger partial charge in [0.1, 0.15) is 11.9 Å². The number of amides is 2. The van der Waals surface area contributed by atoms with E-state index >= 15 is 0 Å². The van der Waals surface area contributed by atoms with Gasteiger partial charge in [0.05, 0.1) is 56.3 Å². The first kappa shape index (κ1) is 34.0. The number of aliphatic hydroxyl groups excluding tert-OH is 1. The lowest BCUT2D eigenvalue weighted by Gasteiger charge is -2.43. The SMILES string of the molecule is COc1cc(NC(=O)CCCc2ccc(-c3ccccc3)c(NC(=O)OC3CC4CC[C@H](C3)[N+]4(C)C)c2)c(Cl)cc1CO.[I-]. The zero-order chi connectivity index (χ0) is 30.6. The van der Waals surface area contributed by atoms with Gasteiger partial charge < -0.3 is 48.4 Å². The minimum Gasteiger partial charge on any atom is -1.00 e. The molecule has 5 rings (SSSR count). The summed E-state index contributed by atoms with van der Waals surface area (Å²) in [5.41, 5.74) is 4.59. The number of hydrogen-bond acceptors (Lipinski definition) is 5. The van der Waals surface area contributed by atoms with Crippen LogP contribution in [-0.2, 0) is 22.6 Å². The van der Waals surface area contributed by atoms with Crippen molar-refractivity contribution in [2.75, 3.05) is 31.8 Å². The number of quaternary nitrogens is 1. The van der Waals surface area contributed by atoms with Crippen LogP contribution >= 0.6 is 11.6 Å². The van der Waals surface area contributed by atoms with Crippen molar-refractivity contribution >= 4 is 35.0 Å². The topological polar surface area (TPSA) is 96.9 Å². The second-order valence-corrected chi connectivity index (χ2v) is 12.5. The second-order valence-electron chi connectivity index (χ2n) is 12.1. The van der Waals surface area contributed by atoms with Crippen LogP contribution in [0.25, 0.3) is 11.1 Å². The van der Waals surface area contributed by atoms with Gasteiger partial charge >= 0.3 is 6.09 Å². The van der Waals surface area contributed by atoms with E-state index in [9.17, 15) is 14.7 Å². The Morgan fingerprint density at radius 3 is 2.34 bits per heavy atom. The van der Waals surface area contributed by atoms with Gasteiger partial charge in [0, 0.05) is 49.3 Å². The summed E-state index contributed by atoms with van der Waals surface area (Å²) in [5, 5.41) is 15.7. The molecular formula is C34H41ClIN3O5. The normalized spacial score (nSPS) is 19.9. The standard InChI is InChI=1S/C34H40ClN3O5.HI/c1-38(2)25-13-14-26(38)19-27(18-25)43-34(41)37-30-16-22(12-15-28(30)23-9-5-4-6-10-23)8-7-11-33(40)36-31-20-32(42-3)24(21-39)17-29(31)35;/h4-6,9-10,12,15-17,20,25-27,39H,7-8,11,13-14,18-19,21H2,1-3H3,(H-,36,37,40,41);1H/t25-,26?,27?;/m1./s1. The fourth-order valence-corrected chi connectivity index (χ4v) is 6.84. The minimum absolute atomic E-state index is 0. The highest BCUT2D eigenvalue weighted by Gasteiger charge is 2.49. The summed E-state index contributed by atoms with van der Waals surface area (Å²) in [4.78, 5) is 25.8. The summed E-state index contributed by atoms with van der Waals surface area (Å²) >= 11 is 6.30. The van der Waals surface area contributed by atoms with Crippen molar-refractivity contribution in [1.29, 1.82) is 0 Å². The molecule has 2 unspecified atom stereocenters. The van der Waals surface area contributed by atoms with Crippen molar-refractivity contribution in [2.45, 2.75) is 69.7 Å². The Morgan fingerprint density at radius 2 is 1.68 bits per heavy atom. The molecule has 3 N–H and O–H groups in total. The van der Waals surface area contributed by atoms with Crippen LogP contribution < -0.4 is 39.3 Å². The fourth-order valence-electron chi connectivity index (χ4n) is 6.61. The lowest BCUT2D eigenvalue weighted by atomic mass is 9.98. The van der Waals surface area contributed by atoms with Gasteiger partial charge in [-0.05, 0) is 36.1 Å². The van der Waals surface area contributed by atoms with Gasteiger partial charge in [0.2, 0.25) is 5.91 Å². The van der Waals surface area contributed by atoms with Crippen molar-refractivity contribution in [3.63, 3.8) is 0 Å². The summed E-state index contributed by atoms with van der Waals surface area (Å²) in [5.74, 6) is 0.282. The first-order valence-corrected chi connectivity index (χ1v) is 15.3. The van der Waals surface area contributed by atoms with Crippen LogP contribution in [-0.4, -0.2) is 61.0 Å². The van der Waals surface area contributed by atoms with Crippen molar-refractivity contribution in [2.24, 2.45) is 0 Å². The molecule has 2 aliphatic rings. The van der Waals surface area contributed by atoms with Crippen molar-refractivity contribution in [3.8, 4) is 16.9 Å². The van der Waals surface area contributed by atoms with Crippen LogP contribution in [0.1, 0.15) is 49.7 Å². The molecule has 2 fully saturated rings. The Balaban J connectivity index is 0.00000442. The predicted molar refractivity (Wildman–Crippen MR) is 169 cm³/mol. The number of anilines is 2. The van der Waals surface area contributed by atoms with E-state index in [0.29, 0.717) is 52.6 Å². The van der Waals surface area contributed by atoms with Gasteiger partial charge in [-0.1, -0.05) is 54.1 Å². The Kier molecular flexibility index (Phi) is 11.6. The average molecular weight is 734 g/mol. The molecule has 3 aromatic rings. The fraction of sp³-hybridized carbons (Fsp3) is 0.412. The van der Waals surface area contributed by atoms with Crippen molar-refractivity contribution in [1.82, 2.24) is 0 Å². The number of nitrogens with one attached hydrogen (secondary N) is 2. The van der Waals surface area contributed by atoms with Gasteiger partial charge in [-0.2, -0.15) is 0 Å². The molecule has 0 saturated carbocycles. The number of aryl methyl sites for hydroxylation is 1. The van der Waals surface area contributed by atoms with E-state index in [1.807, 2.05) is 48.5 Å². The largest absolute Gasteiger partial charge is 1.00 e. The Labute approximate surface area is 281 Å². The van der Waals surface area contributed by atoms with E-state index in [4.69, 9.17) is 21.1 Å². The molecule has 0 aliphatic carbocycles. The lowest BCUT2D eigenvalue weighted by Crippen LogP contribution is -3.00. The van der Waals surface area contributed by atoms with Gasteiger partial charge in [0.15, 0.2) is 0 Å².